The third-order valence-electron chi connectivity index (χ3n) is 2.89. The van der Waals surface area contributed by atoms with Gasteiger partial charge < -0.3 is 4.57 Å². The third kappa shape index (κ3) is 2.65. The summed E-state index contributed by atoms with van der Waals surface area (Å²) in [5.41, 5.74) is 4.62. The summed E-state index contributed by atoms with van der Waals surface area (Å²) in [6.45, 7) is 2.92. The number of fused-ring (bicyclic) bond motifs is 1. The van der Waals surface area contributed by atoms with E-state index in [-0.39, 0.29) is 5.91 Å². The van der Waals surface area contributed by atoms with E-state index in [4.69, 9.17) is 5.84 Å². The van der Waals surface area contributed by atoms with Crippen molar-refractivity contribution in [1.29, 1.82) is 0 Å². The van der Waals surface area contributed by atoms with Gasteiger partial charge in [0.15, 0.2) is 0 Å². The zero-order chi connectivity index (χ0) is 12.3. The van der Waals surface area contributed by atoms with E-state index in [0.717, 1.165) is 13.0 Å². The molecule has 17 heavy (non-hydrogen) atoms. The van der Waals surface area contributed by atoms with Gasteiger partial charge in [-0.05, 0) is 36.9 Å². The number of aromatic nitrogens is 1. The van der Waals surface area contributed by atoms with E-state index in [0.29, 0.717) is 6.42 Å². The van der Waals surface area contributed by atoms with Crippen LogP contribution in [0.15, 0.2) is 30.5 Å². The summed E-state index contributed by atoms with van der Waals surface area (Å²) >= 11 is 0. The normalized spacial score (nSPS) is 10.7. The van der Waals surface area contributed by atoms with Gasteiger partial charge >= 0.3 is 0 Å². The van der Waals surface area contributed by atoms with Gasteiger partial charge in [0.05, 0.1) is 0 Å². The van der Waals surface area contributed by atoms with E-state index in [1.54, 1.807) is 0 Å². The summed E-state index contributed by atoms with van der Waals surface area (Å²) < 4.78 is 2.17. The topological polar surface area (TPSA) is 60.0 Å². The van der Waals surface area contributed by atoms with Gasteiger partial charge in [0, 0.05) is 24.7 Å². The van der Waals surface area contributed by atoms with E-state index in [1.807, 2.05) is 0 Å². The average Bonchev–Trinajstić information content (AvgIpc) is 2.71. The Kier molecular flexibility index (Phi) is 3.44. The fourth-order valence-electron chi connectivity index (χ4n) is 2.00. The van der Waals surface area contributed by atoms with Gasteiger partial charge in [-0.1, -0.05) is 11.6 Å². The Hall–Kier alpha value is -1.81. The van der Waals surface area contributed by atoms with Crippen molar-refractivity contribution in [3.63, 3.8) is 0 Å². The van der Waals surface area contributed by atoms with Crippen molar-refractivity contribution in [1.82, 2.24) is 9.99 Å². The van der Waals surface area contributed by atoms with Crippen LogP contribution in [0, 0.1) is 6.92 Å². The zero-order valence-electron chi connectivity index (χ0n) is 9.94. The van der Waals surface area contributed by atoms with Crippen LogP contribution in [-0.2, 0) is 11.3 Å². The van der Waals surface area contributed by atoms with Crippen molar-refractivity contribution < 1.29 is 4.79 Å². The monoisotopic (exact) mass is 231 g/mol. The van der Waals surface area contributed by atoms with E-state index in [9.17, 15) is 4.79 Å². The molecule has 4 nitrogen and oxygen atoms in total. The smallest absolute Gasteiger partial charge is 0.233 e. The Bertz CT molecular complexity index is 530. The minimum absolute atomic E-state index is 0.114. The number of hydrogen-bond donors (Lipinski definition) is 2. The Balaban J connectivity index is 2.06. The quantitative estimate of drug-likeness (QED) is 0.478. The van der Waals surface area contributed by atoms with Gasteiger partial charge in [-0.2, -0.15) is 0 Å². The number of aryl methyl sites for hydroxylation is 2. The fourth-order valence-corrected chi connectivity index (χ4v) is 2.00. The SMILES string of the molecule is Cc1ccc2c(ccn2CCCC(=O)NN)c1. The number of nitrogens with two attached hydrogens (primary N) is 1. The molecule has 0 radical (unpaired) electrons. The molecule has 1 amide bonds. The van der Waals surface area contributed by atoms with Crippen molar-refractivity contribution in [2.45, 2.75) is 26.3 Å². The highest BCUT2D eigenvalue weighted by atomic mass is 16.2. The molecule has 2 aromatic rings. The second kappa shape index (κ2) is 5.01. The summed E-state index contributed by atoms with van der Waals surface area (Å²) in [6, 6.07) is 8.49. The molecular formula is C13H17N3O. The molecule has 0 saturated heterocycles. The van der Waals surface area contributed by atoms with Crippen LogP contribution in [0.25, 0.3) is 10.9 Å². The molecule has 4 heteroatoms. The molecule has 0 fully saturated rings. The number of amides is 1. The molecule has 3 N–H and O–H groups in total. The number of nitrogens with zero attached hydrogens (tertiary/aromatic N) is 1. The molecule has 0 spiro atoms. The average molecular weight is 231 g/mol. The first kappa shape index (κ1) is 11.7. The summed E-state index contributed by atoms with van der Waals surface area (Å²) in [6.07, 6.45) is 3.31. The first-order chi connectivity index (χ1) is 8.20. The highest BCUT2D eigenvalue weighted by Gasteiger charge is 2.02. The van der Waals surface area contributed by atoms with Gasteiger partial charge in [-0.25, -0.2) is 5.84 Å². The minimum Gasteiger partial charge on any atom is -0.347 e. The number of hydrazine groups is 1. The number of rotatable bonds is 4. The molecule has 1 aromatic heterocycles. The van der Waals surface area contributed by atoms with Crippen molar-refractivity contribution >= 4 is 16.8 Å². The lowest BCUT2D eigenvalue weighted by Gasteiger charge is -2.05. The van der Waals surface area contributed by atoms with Gasteiger partial charge in [-0.3, -0.25) is 10.2 Å². The predicted molar refractivity (Wildman–Crippen MR) is 68.2 cm³/mol. The van der Waals surface area contributed by atoms with E-state index < -0.39 is 0 Å². The summed E-state index contributed by atoms with van der Waals surface area (Å²) in [7, 11) is 0. The maximum absolute atomic E-state index is 11.0. The largest absolute Gasteiger partial charge is 0.347 e. The number of carbonyl (C=O) groups is 1. The first-order valence-corrected chi connectivity index (χ1v) is 5.75. The molecular weight excluding hydrogens is 214 g/mol. The Morgan fingerprint density at radius 2 is 2.24 bits per heavy atom. The van der Waals surface area contributed by atoms with Crippen molar-refractivity contribution in [2.24, 2.45) is 5.84 Å². The van der Waals surface area contributed by atoms with Crippen LogP contribution in [0.5, 0.6) is 0 Å². The number of hydrogen-bond acceptors (Lipinski definition) is 2. The molecule has 0 aliphatic rings. The van der Waals surface area contributed by atoms with Gasteiger partial charge in [0.25, 0.3) is 0 Å². The highest BCUT2D eigenvalue weighted by Crippen LogP contribution is 2.17. The van der Waals surface area contributed by atoms with Gasteiger partial charge in [0.2, 0.25) is 5.91 Å². The summed E-state index contributed by atoms with van der Waals surface area (Å²) in [5, 5.41) is 1.24. The van der Waals surface area contributed by atoms with Crippen LogP contribution in [0.2, 0.25) is 0 Å². The van der Waals surface area contributed by atoms with Crippen LogP contribution in [0.4, 0.5) is 0 Å². The molecule has 1 heterocycles. The highest BCUT2D eigenvalue weighted by molar-refractivity contribution is 5.80. The first-order valence-electron chi connectivity index (χ1n) is 5.75. The second-order valence-electron chi connectivity index (χ2n) is 4.24. The molecule has 90 valence electrons. The van der Waals surface area contributed by atoms with Crippen LogP contribution >= 0.6 is 0 Å². The molecule has 1 aromatic carbocycles. The summed E-state index contributed by atoms with van der Waals surface area (Å²) in [4.78, 5) is 11.0. The second-order valence-corrected chi connectivity index (χ2v) is 4.24. The van der Waals surface area contributed by atoms with Crippen LogP contribution in [0.3, 0.4) is 0 Å². The Morgan fingerprint density at radius 3 is 3.00 bits per heavy atom. The maximum Gasteiger partial charge on any atom is 0.233 e. The summed E-state index contributed by atoms with van der Waals surface area (Å²) in [5.74, 6) is 4.92. The lowest BCUT2D eigenvalue weighted by Crippen LogP contribution is -2.29. The van der Waals surface area contributed by atoms with E-state index >= 15 is 0 Å². The number of carbonyl (C=O) groups excluding carboxylic acids is 1. The molecule has 0 unspecified atom stereocenters. The number of nitrogens with one attached hydrogen (secondary N) is 1. The molecule has 0 bridgehead atoms. The third-order valence-corrected chi connectivity index (χ3v) is 2.89. The minimum atomic E-state index is -0.114. The molecule has 0 atom stereocenters. The predicted octanol–water partition coefficient (Wildman–Crippen LogP) is 1.72. The van der Waals surface area contributed by atoms with Gasteiger partial charge in [-0.15, -0.1) is 0 Å². The van der Waals surface area contributed by atoms with Crippen LogP contribution in [0.1, 0.15) is 18.4 Å². The Labute approximate surface area is 100 Å². The molecule has 2 rings (SSSR count). The molecule has 0 aliphatic carbocycles. The van der Waals surface area contributed by atoms with E-state index in [2.05, 4.69) is 47.4 Å². The van der Waals surface area contributed by atoms with Crippen molar-refractivity contribution in [2.75, 3.05) is 0 Å². The lowest BCUT2D eigenvalue weighted by atomic mass is 10.2. The lowest BCUT2D eigenvalue weighted by molar-refractivity contribution is -0.121. The zero-order valence-corrected chi connectivity index (χ0v) is 9.94. The van der Waals surface area contributed by atoms with E-state index in [1.165, 1.54) is 16.5 Å². The standard InChI is InChI=1S/C13H17N3O/c1-10-4-5-12-11(9-10)6-8-16(12)7-2-3-13(17)15-14/h4-6,8-9H,2-3,7,14H2,1H3,(H,15,17). The Morgan fingerprint density at radius 1 is 1.41 bits per heavy atom. The fraction of sp³-hybridized carbons (Fsp3) is 0.308. The number of benzene rings is 1. The molecule has 0 aliphatic heterocycles. The van der Waals surface area contributed by atoms with Crippen molar-refractivity contribution in [3.05, 3.63) is 36.0 Å². The van der Waals surface area contributed by atoms with Crippen molar-refractivity contribution in [3.8, 4) is 0 Å². The van der Waals surface area contributed by atoms with Gasteiger partial charge in [0.1, 0.15) is 0 Å². The van der Waals surface area contributed by atoms with Crippen LogP contribution in [-0.4, -0.2) is 10.5 Å². The molecule has 0 saturated carbocycles. The van der Waals surface area contributed by atoms with Crippen LogP contribution < -0.4 is 11.3 Å². The maximum atomic E-state index is 11.0.